The Bertz CT molecular complexity index is 659. The SMILES string of the molecule is O=C1C[C@@H]2CS(=O)(=O)C[C@@H]2N1c1cc(Cl)ccc1Cl. The standard InChI is InChI=1S/C12H11Cl2NO3S/c13-8-1-2-9(14)10(4-8)15-11-6-19(17,18)5-7(11)3-12(15)16/h1-2,4,7,11H,3,5-6H2/t7-,11+/m1/s1. The first-order valence-corrected chi connectivity index (χ1v) is 8.43. The van der Waals surface area contributed by atoms with Crippen molar-refractivity contribution in [2.24, 2.45) is 5.92 Å². The molecule has 2 heterocycles. The second-order valence-electron chi connectivity index (χ2n) is 4.97. The molecule has 0 spiro atoms. The Kier molecular flexibility index (Phi) is 3.04. The Hall–Kier alpha value is -0.780. The van der Waals surface area contributed by atoms with Gasteiger partial charge in [0, 0.05) is 17.4 Å². The first kappa shape index (κ1) is 13.2. The zero-order chi connectivity index (χ0) is 13.8. The van der Waals surface area contributed by atoms with Gasteiger partial charge in [0.25, 0.3) is 0 Å². The Labute approximate surface area is 121 Å². The number of carbonyl (C=O) groups excluding carboxylic acids is 1. The fraction of sp³-hybridized carbons (Fsp3) is 0.417. The number of hydrogen-bond acceptors (Lipinski definition) is 3. The molecule has 1 aromatic rings. The summed E-state index contributed by atoms with van der Waals surface area (Å²) in [5, 5.41) is 0.874. The molecule has 102 valence electrons. The predicted molar refractivity (Wildman–Crippen MR) is 74.5 cm³/mol. The molecule has 0 aromatic heterocycles. The van der Waals surface area contributed by atoms with Gasteiger partial charge in [-0.1, -0.05) is 23.2 Å². The summed E-state index contributed by atoms with van der Waals surface area (Å²) < 4.78 is 23.4. The van der Waals surface area contributed by atoms with Crippen molar-refractivity contribution in [3.8, 4) is 0 Å². The molecule has 0 bridgehead atoms. The molecular formula is C12H11Cl2NO3S. The molecule has 3 rings (SSSR count). The third-order valence-corrected chi connectivity index (χ3v) is 5.98. The monoisotopic (exact) mass is 319 g/mol. The summed E-state index contributed by atoms with van der Waals surface area (Å²) in [6, 6.07) is 4.54. The highest BCUT2D eigenvalue weighted by molar-refractivity contribution is 7.91. The van der Waals surface area contributed by atoms with Crippen molar-refractivity contribution in [1.29, 1.82) is 0 Å². The van der Waals surface area contributed by atoms with Gasteiger partial charge in [-0.3, -0.25) is 4.79 Å². The average Bonchev–Trinajstić information content (AvgIpc) is 2.73. The lowest BCUT2D eigenvalue weighted by atomic mass is 10.0. The van der Waals surface area contributed by atoms with E-state index in [4.69, 9.17) is 23.2 Å². The number of nitrogens with zero attached hydrogens (tertiary/aromatic N) is 1. The molecule has 2 fully saturated rings. The lowest BCUT2D eigenvalue weighted by Gasteiger charge is -2.24. The zero-order valence-corrected chi connectivity index (χ0v) is 12.2. The number of rotatable bonds is 1. The quantitative estimate of drug-likeness (QED) is 0.797. The van der Waals surface area contributed by atoms with E-state index in [2.05, 4.69) is 0 Å². The molecule has 19 heavy (non-hydrogen) atoms. The number of amides is 1. The molecule has 2 aliphatic rings. The molecule has 2 saturated heterocycles. The molecule has 0 aliphatic carbocycles. The first-order chi connectivity index (χ1) is 8.87. The third kappa shape index (κ3) is 2.24. The summed E-state index contributed by atoms with van der Waals surface area (Å²) in [5.41, 5.74) is 0.503. The highest BCUT2D eigenvalue weighted by atomic mass is 35.5. The maximum atomic E-state index is 12.1. The summed E-state index contributed by atoms with van der Waals surface area (Å²) in [5.74, 6) is -0.133. The highest BCUT2D eigenvalue weighted by Gasteiger charge is 2.49. The largest absolute Gasteiger partial charge is 0.306 e. The number of halogens is 2. The minimum absolute atomic E-state index is 0.00620. The second kappa shape index (κ2) is 4.36. The smallest absolute Gasteiger partial charge is 0.227 e. The number of fused-ring (bicyclic) bond motifs is 1. The average molecular weight is 320 g/mol. The Morgan fingerprint density at radius 3 is 2.68 bits per heavy atom. The second-order valence-corrected chi connectivity index (χ2v) is 7.97. The molecule has 0 unspecified atom stereocenters. The van der Waals surface area contributed by atoms with Gasteiger partial charge in [0.1, 0.15) is 0 Å². The number of anilines is 1. The Balaban J connectivity index is 2.04. The van der Waals surface area contributed by atoms with Gasteiger partial charge in [0.15, 0.2) is 9.84 Å². The van der Waals surface area contributed by atoms with Crippen molar-refractivity contribution in [3.63, 3.8) is 0 Å². The van der Waals surface area contributed by atoms with Crippen molar-refractivity contribution < 1.29 is 13.2 Å². The van der Waals surface area contributed by atoms with Gasteiger partial charge in [-0.25, -0.2) is 8.42 Å². The minimum Gasteiger partial charge on any atom is -0.306 e. The molecule has 1 aromatic carbocycles. The van der Waals surface area contributed by atoms with Crippen LogP contribution in [0.5, 0.6) is 0 Å². The maximum Gasteiger partial charge on any atom is 0.227 e. The van der Waals surface area contributed by atoms with Crippen LogP contribution in [0.1, 0.15) is 6.42 Å². The van der Waals surface area contributed by atoms with Crippen LogP contribution >= 0.6 is 23.2 Å². The number of hydrogen-bond donors (Lipinski definition) is 0. The van der Waals surface area contributed by atoms with Crippen LogP contribution in [0.15, 0.2) is 18.2 Å². The van der Waals surface area contributed by atoms with E-state index in [9.17, 15) is 13.2 Å². The lowest BCUT2D eigenvalue weighted by Crippen LogP contribution is -2.36. The third-order valence-electron chi connectivity index (χ3n) is 3.64. The van der Waals surface area contributed by atoms with Gasteiger partial charge in [-0.15, -0.1) is 0 Å². The zero-order valence-electron chi connectivity index (χ0n) is 9.84. The normalized spacial score (nSPS) is 28.7. The molecule has 1 amide bonds. The molecule has 0 radical (unpaired) electrons. The fourth-order valence-corrected chi connectivity index (χ4v) is 5.32. The molecule has 2 aliphatic heterocycles. The predicted octanol–water partition coefficient (Wildman–Crippen LogP) is 2.14. The topological polar surface area (TPSA) is 54.5 Å². The maximum absolute atomic E-state index is 12.1. The van der Waals surface area contributed by atoms with Crippen LogP contribution in [0, 0.1) is 5.92 Å². The van der Waals surface area contributed by atoms with Crippen LogP contribution in [0.4, 0.5) is 5.69 Å². The van der Waals surface area contributed by atoms with Crippen LogP contribution in [-0.2, 0) is 14.6 Å². The summed E-state index contributed by atoms with van der Waals surface area (Å²) in [6.45, 7) is 0. The summed E-state index contributed by atoms with van der Waals surface area (Å²) >= 11 is 12.0. The Morgan fingerprint density at radius 1 is 1.21 bits per heavy atom. The van der Waals surface area contributed by atoms with E-state index in [1.165, 1.54) is 4.90 Å². The van der Waals surface area contributed by atoms with Crippen molar-refractivity contribution in [2.45, 2.75) is 12.5 Å². The van der Waals surface area contributed by atoms with Gasteiger partial charge in [0.2, 0.25) is 5.91 Å². The van der Waals surface area contributed by atoms with Crippen LogP contribution in [0.2, 0.25) is 10.0 Å². The number of benzene rings is 1. The summed E-state index contributed by atoms with van der Waals surface area (Å²) in [7, 11) is -3.06. The first-order valence-electron chi connectivity index (χ1n) is 5.85. The van der Waals surface area contributed by atoms with Gasteiger partial charge in [-0.2, -0.15) is 0 Å². The van der Waals surface area contributed by atoms with E-state index in [1.807, 2.05) is 0 Å². The van der Waals surface area contributed by atoms with Crippen LogP contribution in [-0.4, -0.2) is 31.9 Å². The van der Waals surface area contributed by atoms with Crippen molar-refractivity contribution in [3.05, 3.63) is 28.2 Å². The van der Waals surface area contributed by atoms with Gasteiger partial charge >= 0.3 is 0 Å². The van der Waals surface area contributed by atoms with Crippen molar-refractivity contribution in [1.82, 2.24) is 0 Å². The Morgan fingerprint density at radius 2 is 1.95 bits per heavy atom. The van der Waals surface area contributed by atoms with E-state index in [0.717, 1.165) is 0 Å². The van der Waals surface area contributed by atoms with Crippen molar-refractivity contribution in [2.75, 3.05) is 16.4 Å². The lowest BCUT2D eigenvalue weighted by molar-refractivity contribution is -0.117. The van der Waals surface area contributed by atoms with Gasteiger partial charge in [-0.05, 0) is 18.2 Å². The van der Waals surface area contributed by atoms with E-state index >= 15 is 0 Å². The molecule has 0 saturated carbocycles. The minimum atomic E-state index is -3.06. The van der Waals surface area contributed by atoms with E-state index < -0.39 is 9.84 Å². The van der Waals surface area contributed by atoms with Gasteiger partial charge < -0.3 is 4.90 Å². The number of carbonyl (C=O) groups is 1. The summed E-state index contributed by atoms with van der Waals surface area (Å²) in [4.78, 5) is 13.6. The molecular weight excluding hydrogens is 309 g/mol. The highest BCUT2D eigenvalue weighted by Crippen LogP contribution is 2.40. The van der Waals surface area contributed by atoms with E-state index in [0.29, 0.717) is 15.7 Å². The molecule has 4 nitrogen and oxygen atoms in total. The van der Waals surface area contributed by atoms with Crippen molar-refractivity contribution >= 4 is 44.6 Å². The molecule has 7 heteroatoms. The van der Waals surface area contributed by atoms with E-state index in [-0.39, 0.29) is 35.8 Å². The van der Waals surface area contributed by atoms with Crippen LogP contribution < -0.4 is 4.90 Å². The van der Waals surface area contributed by atoms with Gasteiger partial charge in [0.05, 0.1) is 28.3 Å². The van der Waals surface area contributed by atoms with E-state index in [1.54, 1.807) is 18.2 Å². The molecule has 2 atom stereocenters. The van der Waals surface area contributed by atoms with Crippen LogP contribution in [0.25, 0.3) is 0 Å². The summed E-state index contributed by atoms with van der Waals surface area (Å²) in [6.07, 6.45) is 0.257. The van der Waals surface area contributed by atoms with Crippen LogP contribution in [0.3, 0.4) is 0 Å². The molecule has 0 N–H and O–H groups in total. The number of sulfone groups is 1. The fourth-order valence-electron chi connectivity index (χ4n) is 2.87.